The fraction of sp³-hybridized carbons (Fsp3) is 0.322. The summed E-state index contributed by atoms with van der Waals surface area (Å²) in [5, 5.41) is 14.7. The fourth-order valence-electron chi connectivity index (χ4n) is 8.12. The molecule has 0 N–H and O–H groups in total. The maximum atomic E-state index is 4.17. The van der Waals surface area contributed by atoms with Crippen molar-refractivity contribution in [1.29, 1.82) is 0 Å². The predicted octanol–water partition coefficient (Wildman–Crippen LogP) is 17.1. The van der Waals surface area contributed by atoms with Crippen LogP contribution in [-0.4, -0.2) is 125 Å². The second-order valence-corrected chi connectivity index (χ2v) is 25.6. The summed E-state index contributed by atoms with van der Waals surface area (Å²) in [6.07, 6.45) is 28.1. The first-order valence-corrected chi connectivity index (χ1v) is 36.1. The molecule has 0 aromatic carbocycles. The smallest absolute Gasteiger partial charge is 0.148 e. The number of hydrogen-bond acceptors (Lipinski definition) is 25. The Kier molecular flexibility index (Phi) is 49.9. The number of pyridine rings is 6. The molecule has 25 heteroatoms. The van der Waals surface area contributed by atoms with Crippen LogP contribution in [0.1, 0.15) is 159 Å². The van der Waals surface area contributed by atoms with Crippen LogP contribution < -0.4 is 0 Å². The van der Waals surface area contributed by atoms with Gasteiger partial charge in [-0.3, -0.25) is 39.9 Å². The van der Waals surface area contributed by atoms with Crippen molar-refractivity contribution in [3.8, 4) is 0 Å². The van der Waals surface area contributed by atoms with E-state index in [-0.39, 0.29) is 0 Å². The first-order chi connectivity index (χ1) is 53.0. The van der Waals surface area contributed by atoms with Crippen LogP contribution in [0.15, 0.2) is 190 Å². The van der Waals surface area contributed by atoms with Gasteiger partial charge in [0.25, 0.3) is 0 Å². The molecule has 0 atom stereocenters. The minimum absolute atomic E-state index is 0.727. The zero-order valence-corrected chi connectivity index (χ0v) is 71.1. The SMILES string of the molecule is Cc1cc(C)ncn1.Cc1ccc(C)nc1.Cc1ccc(C)nc1.Cc1cccc(C)n1.Cc1ccnc(C)c1.Cc1ccnc(C)c1.Cc1ccnc(C)n1.Cc1ccnc(C)n1.Cc1cnc(C)nc1.Cc1cncc(C)c1.Cc1cncc(C)n1.Cc1cnnc(C)n1.Cc1cnnc(C)n1.Cc1ncnc(C)n1. The molecule has 14 rings (SSSR count). The molecule has 0 radical (unpaired) electrons. The van der Waals surface area contributed by atoms with Gasteiger partial charge in [0, 0.05) is 131 Å². The normalized spacial score (nSPS) is 9.25. The Morgan fingerprint density at radius 3 is 0.732 bits per heavy atom. The lowest BCUT2D eigenvalue weighted by Gasteiger charge is -1.90. The van der Waals surface area contributed by atoms with E-state index in [1.807, 2.05) is 290 Å². The van der Waals surface area contributed by atoms with Gasteiger partial charge in [0.1, 0.15) is 53.4 Å². The van der Waals surface area contributed by atoms with Crippen LogP contribution in [0.2, 0.25) is 0 Å². The second kappa shape index (κ2) is 57.5. The highest BCUT2D eigenvalue weighted by molar-refractivity contribution is 5.16. The molecule has 14 aromatic rings. The molecule has 0 unspecified atom stereocenters. The van der Waals surface area contributed by atoms with E-state index in [0.717, 1.165) is 126 Å². The molecule has 0 aliphatic rings. The first kappa shape index (κ1) is 97.3. The van der Waals surface area contributed by atoms with E-state index in [2.05, 4.69) is 169 Å². The van der Waals surface area contributed by atoms with Crippen molar-refractivity contribution in [3.63, 3.8) is 0 Å². The molecule has 112 heavy (non-hydrogen) atoms. The highest BCUT2D eigenvalue weighted by atomic mass is 15.1. The minimum atomic E-state index is 0.727. The Morgan fingerprint density at radius 1 is 0.170 bits per heavy atom. The Bertz CT molecular complexity index is 3650. The summed E-state index contributed by atoms with van der Waals surface area (Å²) in [5.74, 6) is 5.51. The standard InChI is InChI=1S/6C7H9N.5C6H8N2.3C5H7N3/c1-6-3-7(2)5-8-4-6;2*1-6-3-4-8-7(2)5-6;2*1-6-3-4-7(2)8-5-6;1-6-4-3-5-7(2)8-6;1-5-3-7-4-6(2)8-5;1-5-3-6(2)8-4-7-5;1-5-3-7-6(2)8-4-5;2*1-5-3-4-7-6(2)8-5;1-4-6-3-7-5(2)8-4;2*1-4-3-6-8-5(2)7-4/h6*3-5H,1-2H3;5*3-4H,1-2H3;3*3H,1-2H3. The molecule has 0 saturated heterocycles. The van der Waals surface area contributed by atoms with Gasteiger partial charge >= 0.3 is 0 Å². The Balaban J connectivity index is 0.000000603. The third-order valence-electron chi connectivity index (χ3n) is 13.2. The van der Waals surface area contributed by atoms with Crippen LogP contribution in [0.3, 0.4) is 0 Å². The van der Waals surface area contributed by atoms with Gasteiger partial charge in [-0.05, 0) is 300 Å². The lowest BCUT2D eigenvalue weighted by molar-refractivity contribution is 0.882. The average molecular weight is 1510 g/mol. The third-order valence-corrected chi connectivity index (χ3v) is 13.2. The Labute approximate surface area is 665 Å². The van der Waals surface area contributed by atoms with E-state index in [4.69, 9.17) is 0 Å². The fourth-order valence-corrected chi connectivity index (χ4v) is 8.12. The van der Waals surface area contributed by atoms with Crippen molar-refractivity contribution >= 4 is 0 Å². The monoisotopic (exact) mass is 1510 g/mol. The van der Waals surface area contributed by atoms with E-state index in [9.17, 15) is 0 Å². The zero-order chi connectivity index (χ0) is 83.8. The van der Waals surface area contributed by atoms with Crippen LogP contribution in [0.5, 0.6) is 0 Å². The maximum absolute atomic E-state index is 4.17. The molecule has 0 bridgehead atoms. The molecule has 0 amide bonds. The lowest BCUT2D eigenvalue weighted by Crippen LogP contribution is -1.91. The zero-order valence-electron chi connectivity index (χ0n) is 71.1. The molecule has 25 nitrogen and oxygen atoms in total. The quantitative estimate of drug-likeness (QED) is 0.136. The molecular formula is C87H115N25. The molecule has 0 spiro atoms. The van der Waals surface area contributed by atoms with Crippen LogP contribution in [0.25, 0.3) is 0 Å². The summed E-state index contributed by atoms with van der Waals surface area (Å²) in [4.78, 5) is 83.8. The number of aromatic nitrogens is 25. The average Bonchev–Trinajstić information content (AvgIpc) is 0.965. The number of hydrogen-bond donors (Lipinski definition) is 0. The molecular weight excluding hydrogens is 1400 g/mol. The van der Waals surface area contributed by atoms with Gasteiger partial charge in [-0.1, -0.05) is 24.3 Å². The summed E-state index contributed by atoms with van der Waals surface area (Å²) in [6.45, 7) is 54.6. The van der Waals surface area contributed by atoms with Crippen LogP contribution >= 0.6 is 0 Å². The molecule has 0 aliphatic heterocycles. The van der Waals surface area contributed by atoms with E-state index < -0.39 is 0 Å². The van der Waals surface area contributed by atoms with Crippen molar-refractivity contribution in [1.82, 2.24) is 125 Å². The molecule has 588 valence electrons. The van der Waals surface area contributed by atoms with E-state index in [1.165, 1.54) is 39.7 Å². The van der Waals surface area contributed by atoms with Gasteiger partial charge in [0.05, 0.1) is 35.2 Å². The van der Waals surface area contributed by atoms with Crippen molar-refractivity contribution in [2.45, 2.75) is 194 Å². The van der Waals surface area contributed by atoms with Gasteiger partial charge in [0.15, 0.2) is 0 Å². The maximum Gasteiger partial charge on any atom is 0.148 e. The minimum Gasteiger partial charge on any atom is -0.264 e. The second-order valence-electron chi connectivity index (χ2n) is 25.6. The largest absolute Gasteiger partial charge is 0.264 e. The highest BCUT2D eigenvalue weighted by Gasteiger charge is 1.93. The molecule has 14 heterocycles. The van der Waals surface area contributed by atoms with E-state index in [1.54, 1.807) is 43.5 Å². The number of rotatable bonds is 0. The summed E-state index contributed by atoms with van der Waals surface area (Å²) >= 11 is 0. The third kappa shape index (κ3) is 55.7. The summed E-state index contributed by atoms with van der Waals surface area (Å²) in [5.41, 5.74) is 22.9. The van der Waals surface area contributed by atoms with Gasteiger partial charge in [-0.15, -0.1) is 10.2 Å². The van der Waals surface area contributed by atoms with E-state index in [0.29, 0.717) is 0 Å². The van der Waals surface area contributed by atoms with Crippen LogP contribution in [-0.2, 0) is 0 Å². The van der Waals surface area contributed by atoms with Crippen LogP contribution in [0, 0.1) is 194 Å². The Hall–Kier alpha value is -12.7. The summed E-state index contributed by atoms with van der Waals surface area (Å²) in [7, 11) is 0. The van der Waals surface area contributed by atoms with Crippen molar-refractivity contribution in [2.75, 3.05) is 0 Å². The molecule has 14 aromatic heterocycles. The topological polar surface area (TPSA) is 322 Å². The summed E-state index contributed by atoms with van der Waals surface area (Å²) < 4.78 is 0. The predicted molar refractivity (Wildman–Crippen MR) is 448 cm³/mol. The van der Waals surface area contributed by atoms with Gasteiger partial charge in [0.2, 0.25) is 0 Å². The number of nitrogens with zero attached hydrogens (tertiary/aromatic N) is 25. The number of aryl methyl sites for hydroxylation is 28. The van der Waals surface area contributed by atoms with Crippen LogP contribution in [0.4, 0.5) is 0 Å². The van der Waals surface area contributed by atoms with Gasteiger partial charge < -0.3 is 0 Å². The summed E-state index contributed by atoms with van der Waals surface area (Å²) in [6, 6.07) is 30.0. The Morgan fingerprint density at radius 2 is 0.509 bits per heavy atom. The van der Waals surface area contributed by atoms with Crippen molar-refractivity contribution in [3.05, 3.63) is 350 Å². The highest BCUT2D eigenvalue weighted by Crippen LogP contribution is 2.02. The molecule has 0 fully saturated rings. The van der Waals surface area contributed by atoms with E-state index >= 15 is 0 Å². The first-order valence-electron chi connectivity index (χ1n) is 36.1. The van der Waals surface area contributed by atoms with Crippen molar-refractivity contribution in [2.24, 2.45) is 0 Å². The molecule has 0 aliphatic carbocycles. The molecule has 0 saturated carbocycles. The van der Waals surface area contributed by atoms with Crippen molar-refractivity contribution < 1.29 is 0 Å². The lowest BCUT2D eigenvalue weighted by atomic mass is 10.2. The van der Waals surface area contributed by atoms with Gasteiger partial charge in [-0.2, -0.15) is 10.2 Å². The van der Waals surface area contributed by atoms with Gasteiger partial charge in [-0.25, -0.2) is 64.8 Å².